The van der Waals surface area contributed by atoms with Gasteiger partial charge in [0, 0.05) is 30.4 Å². The fraction of sp³-hybridized carbons (Fsp3) is 0.632. The van der Waals surface area contributed by atoms with Gasteiger partial charge < -0.3 is 10.6 Å². The van der Waals surface area contributed by atoms with Crippen molar-refractivity contribution in [3.63, 3.8) is 0 Å². The summed E-state index contributed by atoms with van der Waals surface area (Å²) in [4.78, 5) is 12.7. The van der Waals surface area contributed by atoms with Crippen LogP contribution in [0.2, 0.25) is 0 Å². The molecule has 2 aromatic heterocycles. The first-order valence-electron chi connectivity index (χ1n) is 9.63. The molecule has 0 saturated carbocycles. The first kappa shape index (κ1) is 21.2. The number of amides is 1. The van der Waals surface area contributed by atoms with Gasteiger partial charge in [0.05, 0.1) is 11.7 Å². The lowest BCUT2D eigenvalue weighted by Gasteiger charge is -2.35. The maximum Gasteiger partial charge on any atom is 0.410 e. The number of hydrogen-bond donors (Lipinski definition) is 2. The number of hydrogen-bond acceptors (Lipinski definition) is 4. The molecule has 10 heteroatoms. The summed E-state index contributed by atoms with van der Waals surface area (Å²) < 4.78 is 43.4. The van der Waals surface area contributed by atoms with E-state index >= 15 is 0 Å². The summed E-state index contributed by atoms with van der Waals surface area (Å²) in [7, 11) is 1.82. The summed E-state index contributed by atoms with van der Waals surface area (Å²) in [6, 6.07) is -1.07. The van der Waals surface area contributed by atoms with Crippen molar-refractivity contribution in [2.75, 3.05) is 5.32 Å². The van der Waals surface area contributed by atoms with Gasteiger partial charge in [0.25, 0.3) is 5.91 Å². The van der Waals surface area contributed by atoms with Crippen LogP contribution in [-0.4, -0.2) is 37.7 Å². The Morgan fingerprint density at radius 2 is 1.93 bits per heavy atom. The topological polar surface area (TPSA) is 76.8 Å². The van der Waals surface area contributed by atoms with E-state index in [1.165, 1.54) is 6.07 Å². The molecule has 1 amide bonds. The fourth-order valence-corrected chi connectivity index (χ4v) is 3.91. The van der Waals surface area contributed by atoms with Crippen LogP contribution in [-0.2, 0) is 7.05 Å². The highest BCUT2D eigenvalue weighted by atomic mass is 19.4. The predicted molar refractivity (Wildman–Crippen MR) is 103 cm³/mol. The van der Waals surface area contributed by atoms with Crippen molar-refractivity contribution in [1.29, 1.82) is 0 Å². The molecule has 2 aromatic rings. The molecule has 160 valence electrons. The molecular weight excluding hydrogens is 385 g/mol. The minimum Gasteiger partial charge on any atom is -0.367 e. The van der Waals surface area contributed by atoms with E-state index in [9.17, 15) is 18.0 Å². The van der Waals surface area contributed by atoms with E-state index in [1.54, 1.807) is 4.68 Å². The van der Waals surface area contributed by atoms with Gasteiger partial charge in [0.15, 0.2) is 11.7 Å². The lowest BCUT2D eigenvalue weighted by atomic mass is 9.94. The van der Waals surface area contributed by atoms with Gasteiger partial charge in [-0.05, 0) is 33.1 Å². The monoisotopic (exact) mass is 412 g/mol. The summed E-state index contributed by atoms with van der Waals surface area (Å²) in [5.74, 6) is -0.299. The Morgan fingerprint density at radius 3 is 2.45 bits per heavy atom. The summed E-state index contributed by atoms with van der Waals surface area (Å²) >= 11 is 0. The first-order valence-corrected chi connectivity index (χ1v) is 9.63. The van der Waals surface area contributed by atoms with Crippen molar-refractivity contribution in [3.8, 4) is 0 Å². The van der Waals surface area contributed by atoms with E-state index in [4.69, 9.17) is 0 Å². The minimum atomic E-state index is -4.44. The number of aromatic nitrogens is 4. The maximum absolute atomic E-state index is 13.6. The van der Waals surface area contributed by atoms with Gasteiger partial charge in [0.1, 0.15) is 5.82 Å². The number of nitrogens with zero attached hydrogens (tertiary/aromatic N) is 4. The van der Waals surface area contributed by atoms with Crippen LogP contribution in [0.5, 0.6) is 0 Å². The van der Waals surface area contributed by atoms with Crippen molar-refractivity contribution in [2.24, 2.45) is 13.0 Å². The van der Waals surface area contributed by atoms with Crippen LogP contribution in [0.1, 0.15) is 66.7 Å². The molecule has 1 aliphatic rings. The summed E-state index contributed by atoms with van der Waals surface area (Å²) in [6.07, 6.45) is -4.57. The first-order chi connectivity index (χ1) is 13.4. The quantitative estimate of drug-likeness (QED) is 0.803. The zero-order chi connectivity index (χ0) is 21.7. The molecule has 1 aliphatic heterocycles. The highest BCUT2D eigenvalue weighted by Gasteiger charge is 2.47. The van der Waals surface area contributed by atoms with Crippen LogP contribution in [0.4, 0.5) is 19.0 Å². The highest BCUT2D eigenvalue weighted by molar-refractivity contribution is 5.93. The van der Waals surface area contributed by atoms with Crippen LogP contribution in [0, 0.1) is 19.8 Å². The predicted octanol–water partition coefficient (Wildman–Crippen LogP) is 3.67. The standard InChI is InChI=1S/C19H27F3N6O/c1-9(2)13-7-15(19(20,21)22)28-16(24-13)8-14(26-28)18(29)23-10(3)17-11(4)25-27(6)12(17)5/h8-10,13,15,24H,7H2,1-6H3,(H,23,29)/t10-,13-,15+/m0/s1. The molecular formula is C19H27F3N6O. The third kappa shape index (κ3) is 3.97. The number of nitrogens with one attached hydrogen (secondary N) is 2. The Balaban J connectivity index is 1.86. The number of halogens is 3. The van der Waals surface area contributed by atoms with Crippen LogP contribution in [0.3, 0.4) is 0 Å². The third-order valence-corrected chi connectivity index (χ3v) is 5.60. The second kappa shape index (κ2) is 7.38. The molecule has 2 N–H and O–H groups in total. The number of carbonyl (C=O) groups is 1. The number of alkyl halides is 3. The van der Waals surface area contributed by atoms with E-state index in [1.807, 2.05) is 41.7 Å². The summed E-state index contributed by atoms with van der Waals surface area (Å²) in [5, 5.41) is 14.2. The molecule has 3 atom stereocenters. The smallest absolute Gasteiger partial charge is 0.367 e. The van der Waals surface area contributed by atoms with Crippen molar-refractivity contribution in [3.05, 3.63) is 28.7 Å². The molecule has 0 bridgehead atoms. The van der Waals surface area contributed by atoms with Gasteiger partial charge in [0.2, 0.25) is 0 Å². The molecule has 3 heterocycles. The second-order valence-electron chi connectivity index (χ2n) is 8.05. The van der Waals surface area contributed by atoms with Crippen molar-refractivity contribution < 1.29 is 18.0 Å². The average molecular weight is 412 g/mol. The van der Waals surface area contributed by atoms with Crippen LogP contribution < -0.4 is 10.6 Å². The van der Waals surface area contributed by atoms with E-state index in [2.05, 4.69) is 20.8 Å². The number of anilines is 1. The Bertz CT molecular complexity index is 914. The number of aryl methyl sites for hydroxylation is 2. The molecule has 7 nitrogen and oxygen atoms in total. The Kier molecular flexibility index (Phi) is 5.40. The maximum atomic E-state index is 13.6. The molecule has 29 heavy (non-hydrogen) atoms. The lowest BCUT2D eigenvalue weighted by Crippen LogP contribution is -2.41. The van der Waals surface area contributed by atoms with E-state index in [-0.39, 0.29) is 35.9 Å². The fourth-order valence-electron chi connectivity index (χ4n) is 3.91. The zero-order valence-electron chi connectivity index (χ0n) is 17.4. The van der Waals surface area contributed by atoms with Crippen molar-refractivity contribution in [1.82, 2.24) is 24.9 Å². The minimum absolute atomic E-state index is 0.0114. The summed E-state index contributed by atoms with van der Waals surface area (Å²) in [5.41, 5.74) is 2.55. The molecule has 0 fully saturated rings. The van der Waals surface area contributed by atoms with Gasteiger partial charge >= 0.3 is 6.18 Å². The average Bonchev–Trinajstić information content (AvgIpc) is 3.13. The van der Waals surface area contributed by atoms with Crippen molar-refractivity contribution >= 4 is 11.7 Å². The molecule has 0 saturated heterocycles. The van der Waals surface area contributed by atoms with Crippen LogP contribution >= 0.6 is 0 Å². The van der Waals surface area contributed by atoms with E-state index in [0.717, 1.165) is 21.6 Å². The highest BCUT2D eigenvalue weighted by Crippen LogP contribution is 2.40. The lowest BCUT2D eigenvalue weighted by molar-refractivity contribution is -0.174. The van der Waals surface area contributed by atoms with Crippen molar-refractivity contribution in [2.45, 2.75) is 65.3 Å². The number of rotatable bonds is 4. The Hall–Kier alpha value is -2.52. The van der Waals surface area contributed by atoms with Gasteiger partial charge in [-0.25, -0.2) is 4.68 Å². The Labute approximate surface area is 167 Å². The van der Waals surface area contributed by atoms with E-state index in [0.29, 0.717) is 0 Å². The van der Waals surface area contributed by atoms with E-state index < -0.39 is 18.1 Å². The second-order valence-corrected chi connectivity index (χ2v) is 8.05. The third-order valence-electron chi connectivity index (χ3n) is 5.60. The normalized spacial score (nSPS) is 20.3. The molecule has 0 unspecified atom stereocenters. The number of fused-ring (bicyclic) bond motifs is 1. The molecule has 0 aliphatic carbocycles. The molecule has 0 aromatic carbocycles. The Morgan fingerprint density at radius 1 is 1.28 bits per heavy atom. The van der Waals surface area contributed by atoms with Crippen LogP contribution in [0.25, 0.3) is 0 Å². The number of carbonyl (C=O) groups excluding carboxylic acids is 1. The largest absolute Gasteiger partial charge is 0.410 e. The van der Waals surface area contributed by atoms with Crippen LogP contribution in [0.15, 0.2) is 6.07 Å². The van der Waals surface area contributed by atoms with Gasteiger partial charge in [-0.2, -0.15) is 23.4 Å². The van der Waals surface area contributed by atoms with Gasteiger partial charge in [-0.1, -0.05) is 13.8 Å². The molecule has 0 radical (unpaired) electrons. The van der Waals surface area contributed by atoms with Gasteiger partial charge in [-0.15, -0.1) is 0 Å². The summed E-state index contributed by atoms with van der Waals surface area (Å²) in [6.45, 7) is 9.30. The molecule has 3 rings (SSSR count). The SMILES string of the molecule is Cc1nn(C)c(C)c1[C@H](C)NC(=O)c1cc2n(n1)[C@@H](C(F)(F)F)C[C@@H](C(C)C)N2. The van der Waals surface area contributed by atoms with Gasteiger partial charge in [-0.3, -0.25) is 9.48 Å². The molecule has 0 spiro atoms. The zero-order valence-corrected chi connectivity index (χ0v) is 17.4.